The van der Waals surface area contributed by atoms with E-state index in [9.17, 15) is 9.59 Å². The zero-order valence-corrected chi connectivity index (χ0v) is 14.9. The monoisotopic (exact) mass is 334 g/mol. The van der Waals surface area contributed by atoms with E-state index in [0.29, 0.717) is 17.7 Å². The molecule has 4 nitrogen and oxygen atoms in total. The van der Waals surface area contributed by atoms with Crippen LogP contribution in [0.15, 0.2) is 42.5 Å². The van der Waals surface area contributed by atoms with Crippen LogP contribution in [0, 0.1) is 25.2 Å². The molecule has 0 saturated carbocycles. The van der Waals surface area contributed by atoms with Crippen LogP contribution in [0.2, 0.25) is 0 Å². The normalized spacial score (nSPS) is 10.2. The first kappa shape index (κ1) is 18.4. The second kappa shape index (κ2) is 8.25. The molecule has 1 amide bonds. The number of carbonyl (C=O) groups excluding carboxylic acids is 2. The zero-order chi connectivity index (χ0) is 18.4. The van der Waals surface area contributed by atoms with E-state index in [4.69, 9.17) is 5.26 Å². The molecule has 0 aromatic heterocycles. The van der Waals surface area contributed by atoms with E-state index >= 15 is 0 Å². The van der Waals surface area contributed by atoms with Gasteiger partial charge in [0.15, 0.2) is 5.78 Å². The van der Waals surface area contributed by atoms with Crippen molar-refractivity contribution >= 4 is 11.7 Å². The van der Waals surface area contributed by atoms with Crippen molar-refractivity contribution in [3.63, 3.8) is 0 Å². The molecule has 0 heterocycles. The van der Waals surface area contributed by atoms with Crippen LogP contribution < -0.4 is 0 Å². The number of nitriles is 1. The summed E-state index contributed by atoms with van der Waals surface area (Å²) in [5, 5.41) is 8.93. The molecule has 0 atom stereocenters. The van der Waals surface area contributed by atoms with Gasteiger partial charge in [-0.3, -0.25) is 9.59 Å². The summed E-state index contributed by atoms with van der Waals surface area (Å²) in [5.74, 6) is -0.101. The predicted molar refractivity (Wildman–Crippen MR) is 97.1 cm³/mol. The van der Waals surface area contributed by atoms with Crippen LogP contribution in [0.4, 0.5) is 0 Å². The van der Waals surface area contributed by atoms with Gasteiger partial charge in [-0.15, -0.1) is 0 Å². The first-order valence-electron chi connectivity index (χ1n) is 8.24. The molecule has 128 valence electrons. The van der Waals surface area contributed by atoms with E-state index in [1.165, 1.54) is 0 Å². The van der Waals surface area contributed by atoms with Crippen LogP contribution in [-0.2, 0) is 11.3 Å². The van der Waals surface area contributed by atoms with Gasteiger partial charge in [0.1, 0.15) is 0 Å². The van der Waals surface area contributed by atoms with Gasteiger partial charge < -0.3 is 4.90 Å². The number of amides is 1. The Hall–Kier alpha value is -2.93. The van der Waals surface area contributed by atoms with E-state index in [2.05, 4.69) is 6.07 Å². The van der Waals surface area contributed by atoms with Gasteiger partial charge in [-0.25, -0.2) is 0 Å². The van der Waals surface area contributed by atoms with Crippen LogP contribution in [0.1, 0.15) is 45.5 Å². The summed E-state index contributed by atoms with van der Waals surface area (Å²) in [5.41, 5.74) is 4.34. The van der Waals surface area contributed by atoms with Gasteiger partial charge in [-0.2, -0.15) is 5.26 Å². The fourth-order valence-electron chi connectivity index (χ4n) is 2.57. The number of nitrogens with zero attached hydrogens (tertiary/aromatic N) is 2. The number of hydrogen-bond acceptors (Lipinski definition) is 3. The van der Waals surface area contributed by atoms with Gasteiger partial charge in [0, 0.05) is 32.0 Å². The number of ketones is 1. The molecule has 0 spiro atoms. The number of hydrogen-bond donors (Lipinski definition) is 0. The maximum absolute atomic E-state index is 12.3. The predicted octanol–water partition coefficient (Wildman–Crippen LogP) is 3.80. The van der Waals surface area contributed by atoms with Crippen LogP contribution in [0.3, 0.4) is 0 Å². The Labute approximate surface area is 148 Å². The van der Waals surface area contributed by atoms with E-state index in [1.54, 1.807) is 30.1 Å². The molecule has 2 rings (SSSR count). The first-order chi connectivity index (χ1) is 11.9. The fourth-order valence-corrected chi connectivity index (χ4v) is 2.57. The Kier molecular flexibility index (Phi) is 6.08. The lowest BCUT2D eigenvalue weighted by Gasteiger charge is -2.17. The third-order valence-electron chi connectivity index (χ3n) is 4.30. The topological polar surface area (TPSA) is 61.2 Å². The summed E-state index contributed by atoms with van der Waals surface area (Å²) in [6.45, 7) is 4.40. The van der Waals surface area contributed by atoms with Crippen molar-refractivity contribution < 1.29 is 9.59 Å². The summed E-state index contributed by atoms with van der Waals surface area (Å²) < 4.78 is 0. The zero-order valence-electron chi connectivity index (χ0n) is 14.9. The minimum absolute atomic E-state index is 0.0173. The largest absolute Gasteiger partial charge is 0.341 e. The Balaban J connectivity index is 1.91. The molecule has 0 N–H and O–H groups in total. The van der Waals surface area contributed by atoms with Crippen LogP contribution in [0.5, 0.6) is 0 Å². The van der Waals surface area contributed by atoms with Gasteiger partial charge in [-0.1, -0.05) is 24.3 Å². The quantitative estimate of drug-likeness (QED) is 0.755. The molecule has 0 saturated heterocycles. The van der Waals surface area contributed by atoms with Crippen molar-refractivity contribution in [1.82, 2.24) is 4.90 Å². The summed E-state index contributed by atoms with van der Waals surface area (Å²) in [4.78, 5) is 26.1. The van der Waals surface area contributed by atoms with E-state index in [1.807, 2.05) is 38.1 Å². The lowest BCUT2D eigenvalue weighted by Crippen LogP contribution is -2.26. The van der Waals surface area contributed by atoms with Crippen LogP contribution in [0.25, 0.3) is 0 Å². The van der Waals surface area contributed by atoms with Crippen molar-refractivity contribution in [2.75, 3.05) is 7.05 Å². The molecule has 25 heavy (non-hydrogen) atoms. The van der Waals surface area contributed by atoms with Gasteiger partial charge >= 0.3 is 0 Å². The second-order valence-corrected chi connectivity index (χ2v) is 6.28. The molecule has 0 aliphatic heterocycles. The van der Waals surface area contributed by atoms with E-state index in [0.717, 1.165) is 16.7 Å². The third-order valence-corrected chi connectivity index (χ3v) is 4.30. The number of rotatable bonds is 6. The summed E-state index contributed by atoms with van der Waals surface area (Å²) in [6, 6.07) is 14.9. The average Bonchev–Trinajstić information content (AvgIpc) is 2.61. The van der Waals surface area contributed by atoms with Gasteiger partial charge in [0.25, 0.3) is 0 Å². The lowest BCUT2D eigenvalue weighted by molar-refractivity contribution is -0.130. The Bertz CT molecular complexity index is 834. The third kappa shape index (κ3) is 5.02. The molecule has 2 aromatic rings. The Morgan fingerprint density at radius 2 is 1.80 bits per heavy atom. The summed E-state index contributed by atoms with van der Waals surface area (Å²) in [7, 11) is 1.71. The second-order valence-electron chi connectivity index (χ2n) is 6.28. The molecule has 0 fully saturated rings. The van der Waals surface area contributed by atoms with E-state index in [-0.39, 0.29) is 24.5 Å². The number of benzene rings is 2. The van der Waals surface area contributed by atoms with Crippen LogP contribution >= 0.6 is 0 Å². The van der Waals surface area contributed by atoms with Crippen molar-refractivity contribution in [3.8, 4) is 6.07 Å². The highest BCUT2D eigenvalue weighted by Crippen LogP contribution is 2.13. The van der Waals surface area contributed by atoms with Gasteiger partial charge in [0.2, 0.25) is 5.91 Å². The van der Waals surface area contributed by atoms with Crippen molar-refractivity contribution in [3.05, 3.63) is 70.3 Å². The highest BCUT2D eigenvalue weighted by Gasteiger charge is 2.13. The lowest BCUT2D eigenvalue weighted by atomic mass is 10.0. The molecule has 0 bridgehead atoms. The SMILES string of the molecule is Cc1ccc(C(=O)CCC(=O)N(C)Cc2cccc(C#N)c2)cc1C. The minimum Gasteiger partial charge on any atom is -0.341 e. The maximum Gasteiger partial charge on any atom is 0.223 e. The average molecular weight is 334 g/mol. The number of carbonyl (C=O) groups is 2. The molecule has 0 aliphatic rings. The highest BCUT2D eigenvalue weighted by molar-refractivity contribution is 5.98. The molecule has 2 aromatic carbocycles. The maximum atomic E-state index is 12.3. The molecule has 0 aliphatic carbocycles. The van der Waals surface area contributed by atoms with Crippen molar-refractivity contribution in [2.24, 2.45) is 0 Å². The number of aryl methyl sites for hydroxylation is 2. The first-order valence-corrected chi connectivity index (χ1v) is 8.24. The molecule has 4 heteroatoms. The van der Waals surface area contributed by atoms with Crippen LogP contribution in [-0.4, -0.2) is 23.6 Å². The van der Waals surface area contributed by atoms with Gasteiger partial charge in [0.05, 0.1) is 11.6 Å². The van der Waals surface area contributed by atoms with E-state index < -0.39 is 0 Å². The van der Waals surface area contributed by atoms with Crippen molar-refractivity contribution in [1.29, 1.82) is 5.26 Å². The summed E-state index contributed by atoms with van der Waals surface area (Å²) >= 11 is 0. The molecular weight excluding hydrogens is 312 g/mol. The number of Topliss-reactive ketones (excluding diaryl/α,β-unsaturated/α-hetero) is 1. The van der Waals surface area contributed by atoms with Crippen molar-refractivity contribution in [2.45, 2.75) is 33.2 Å². The Morgan fingerprint density at radius 1 is 1.04 bits per heavy atom. The molecule has 0 radical (unpaired) electrons. The smallest absolute Gasteiger partial charge is 0.223 e. The minimum atomic E-state index is -0.0838. The fraction of sp³-hybridized carbons (Fsp3) is 0.286. The Morgan fingerprint density at radius 3 is 2.48 bits per heavy atom. The summed E-state index contributed by atoms with van der Waals surface area (Å²) in [6.07, 6.45) is 0.379. The highest BCUT2D eigenvalue weighted by atomic mass is 16.2. The molecule has 0 unspecified atom stereocenters. The standard InChI is InChI=1S/C21H22N2O2/c1-15-7-8-19(11-16(15)2)20(24)9-10-21(25)23(3)14-18-6-4-5-17(12-18)13-22/h4-8,11-12H,9-10,14H2,1-3H3. The van der Waals surface area contributed by atoms with Gasteiger partial charge in [-0.05, 0) is 48.7 Å². The molecular formula is C21H22N2O2.